The van der Waals surface area contributed by atoms with Gasteiger partial charge < -0.3 is 10.6 Å². The summed E-state index contributed by atoms with van der Waals surface area (Å²) < 4.78 is 0. The Morgan fingerprint density at radius 3 is 3.27 bits per heavy atom. The summed E-state index contributed by atoms with van der Waals surface area (Å²) in [6, 6.07) is 2.07. The lowest BCUT2D eigenvalue weighted by atomic mass is 10.0. The fourth-order valence-corrected chi connectivity index (χ4v) is 2.93. The molecule has 0 amide bonds. The zero-order valence-electron chi connectivity index (χ0n) is 8.66. The Morgan fingerprint density at radius 2 is 2.40 bits per heavy atom. The Labute approximate surface area is 92.5 Å². The van der Waals surface area contributed by atoms with Gasteiger partial charge in [0.25, 0.3) is 0 Å². The van der Waals surface area contributed by atoms with Gasteiger partial charge in [-0.25, -0.2) is 4.98 Å². The van der Waals surface area contributed by atoms with Crippen LogP contribution in [0.5, 0.6) is 0 Å². The molecule has 3 rings (SSSR count). The molecule has 3 heterocycles. The minimum atomic E-state index is 0.931. The van der Waals surface area contributed by atoms with Gasteiger partial charge in [-0.15, -0.1) is 11.3 Å². The molecule has 0 saturated heterocycles. The van der Waals surface area contributed by atoms with Crippen LogP contribution >= 0.6 is 11.3 Å². The van der Waals surface area contributed by atoms with E-state index in [1.54, 1.807) is 11.3 Å². The molecule has 0 saturated carbocycles. The second-order valence-electron chi connectivity index (χ2n) is 4.08. The topological polar surface area (TPSA) is 42.2 Å². The van der Waals surface area contributed by atoms with E-state index in [0.717, 1.165) is 35.4 Å². The summed E-state index contributed by atoms with van der Waals surface area (Å²) in [5.41, 5.74) is 9.55. The van der Waals surface area contributed by atoms with E-state index in [1.807, 2.05) is 0 Å². The summed E-state index contributed by atoms with van der Waals surface area (Å²) in [6.45, 7) is 2.01. The Hall–Kier alpha value is -1.13. The minimum Gasteiger partial charge on any atom is -0.398 e. The summed E-state index contributed by atoms with van der Waals surface area (Å²) in [6.07, 6.45) is 1.02. The van der Waals surface area contributed by atoms with Crippen LogP contribution in [0.2, 0.25) is 0 Å². The first kappa shape index (κ1) is 9.12. The molecule has 1 aliphatic rings. The lowest BCUT2D eigenvalue weighted by molar-refractivity contribution is 0.311. The molecule has 15 heavy (non-hydrogen) atoms. The first-order chi connectivity index (χ1) is 7.25. The van der Waals surface area contributed by atoms with Crippen molar-refractivity contribution in [3.05, 3.63) is 22.7 Å². The number of nitrogens with zero attached hydrogens (tertiary/aromatic N) is 2. The zero-order valence-corrected chi connectivity index (χ0v) is 9.47. The molecule has 78 valence electrons. The van der Waals surface area contributed by atoms with E-state index in [9.17, 15) is 0 Å². The molecular weight excluding hydrogens is 206 g/mol. The molecule has 3 nitrogen and oxygen atoms in total. The number of aromatic nitrogens is 1. The van der Waals surface area contributed by atoms with Crippen LogP contribution in [0.3, 0.4) is 0 Å². The number of hydrogen-bond donors (Lipinski definition) is 1. The summed E-state index contributed by atoms with van der Waals surface area (Å²) >= 11 is 1.67. The Bertz CT molecular complexity index is 518. The number of fused-ring (bicyclic) bond motifs is 2. The molecule has 2 N–H and O–H groups in total. The monoisotopic (exact) mass is 219 g/mol. The molecule has 0 radical (unpaired) electrons. The fraction of sp³-hybridized carbons (Fsp3) is 0.364. The number of pyridine rings is 1. The number of anilines is 1. The smallest absolute Gasteiger partial charge is 0.125 e. The van der Waals surface area contributed by atoms with Crippen molar-refractivity contribution in [3.63, 3.8) is 0 Å². The summed E-state index contributed by atoms with van der Waals surface area (Å²) in [7, 11) is 2.13. The Morgan fingerprint density at radius 1 is 1.53 bits per heavy atom. The van der Waals surface area contributed by atoms with Gasteiger partial charge >= 0.3 is 0 Å². The first-order valence-corrected chi connectivity index (χ1v) is 5.96. The predicted octanol–water partition coefficient (Wildman–Crippen LogP) is 1.87. The molecule has 0 unspecified atom stereocenters. The predicted molar refractivity (Wildman–Crippen MR) is 64.1 cm³/mol. The van der Waals surface area contributed by atoms with Gasteiger partial charge in [0.15, 0.2) is 0 Å². The van der Waals surface area contributed by atoms with Crippen molar-refractivity contribution in [1.82, 2.24) is 9.88 Å². The second kappa shape index (κ2) is 3.18. The van der Waals surface area contributed by atoms with Gasteiger partial charge in [-0.05, 0) is 18.5 Å². The van der Waals surface area contributed by atoms with Crippen molar-refractivity contribution in [3.8, 4) is 0 Å². The Kier molecular flexibility index (Phi) is 1.94. The van der Waals surface area contributed by atoms with Crippen LogP contribution in [0.15, 0.2) is 11.4 Å². The molecular formula is C11H13N3S. The average Bonchev–Trinajstić information content (AvgIpc) is 2.68. The lowest BCUT2D eigenvalue weighted by Gasteiger charge is -2.25. The molecule has 0 aromatic carbocycles. The van der Waals surface area contributed by atoms with Crippen LogP contribution in [0, 0.1) is 0 Å². The van der Waals surface area contributed by atoms with Crippen molar-refractivity contribution >= 4 is 27.2 Å². The largest absolute Gasteiger partial charge is 0.398 e. The van der Waals surface area contributed by atoms with Crippen LogP contribution in [-0.2, 0) is 13.0 Å². The number of likely N-dealkylation sites (N-methyl/N-ethyl adjacent to an activating group) is 1. The molecule has 2 aromatic rings. The third-order valence-electron chi connectivity index (χ3n) is 3.00. The highest BCUT2D eigenvalue weighted by atomic mass is 32.1. The summed E-state index contributed by atoms with van der Waals surface area (Å²) in [5.74, 6) is 0. The fourth-order valence-electron chi connectivity index (χ4n) is 2.13. The zero-order chi connectivity index (χ0) is 10.4. The van der Waals surface area contributed by atoms with Gasteiger partial charge in [0, 0.05) is 41.8 Å². The van der Waals surface area contributed by atoms with Crippen LogP contribution in [-0.4, -0.2) is 23.5 Å². The van der Waals surface area contributed by atoms with Gasteiger partial charge in [0.1, 0.15) is 4.83 Å². The van der Waals surface area contributed by atoms with Crippen LogP contribution < -0.4 is 5.73 Å². The molecule has 0 aliphatic carbocycles. The van der Waals surface area contributed by atoms with Crippen molar-refractivity contribution < 1.29 is 0 Å². The van der Waals surface area contributed by atoms with Gasteiger partial charge in [-0.2, -0.15) is 0 Å². The van der Waals surface area contributed by atoms with Crippen LogP contribution in [0.1, 0.15) is 11.3 Å². The molecule has 0 fully saturated rings. The van der Waals surface area contributed by atoms with Crippen molar-refractivity contribution in [1.29, 1.82) is 0 Å². The molecule has 0 atom stereocenters. The molecule has 0 bridgehead atoms. The van der Waals surface area contributed by atoms with Crippen molar-refractivity contribution in [2.45, 2.75) is 13.0 Å². The van der Waals surface area contributed by atoms with Gasteiger partial charge in [0.05, 0.1) is 0 Å². The molecule has 1 aliphatic heterocycles. The SMILES string of the molecule is CN1CCc2nc3sccc3c(N)c2C1. The van der Waals surface area contributed by atoms with E-state index in [1.165, 1.54) is 11.3 Å². The second-order valence-corrected chi connectivity index (χ2v) is 4.97. The quantitative estimate of drug-likeness (QED) is 0.735. The Balaban J connectivity index is 2.28. The third-order valence-corrected chi connectivity index (χ3v) is 3.81. The average molecular weight is 219 g/mol. The number of rotatable bonds is 0. The van der Waals surface area contributed by atoms with E-state index < -0.39 is 0 Å². The highest BCUT2D eigenvalue weighted by Gasteiger charge is 2.19. The lowest BCUT2D eigenvalue weighted by Crippen LogP contribution is -2.28. The van der Waals surface area contributed by atoms with Gasteiger partial charge in [-0.3, -0.25) is 0 Å². The molecule has 0 spiro atoms. The highest BCUT2D eigenvalue weighted by Crippen LogP contribution is 2.31. The van der Waals surface area contributed by atoms with E-state index in [-0.39, 0.29) is 0 Å². The molecule has 4 heteroatoms. The van der Waals surface area contributed by atoms with Crippen molar-refractivity contribution in [2.24, 2.45) is 0 Å². The number of nitrogen functional groups attached to an aromatic ring is 1. The van der Waals surface area contributed by atoms with Crippen LogP contribution in [0.25, 0.3) is 10.2 Å². The molecule has 2 aromatic heterocycles. The standard InChI is InChI=1S/C11H13N3S/c1-14-4-2-9-8(6-14)10(12)7-3-5-15-11(7)13-9/h3,5H,2,4,6H2,1H3,(H2,12,13). The summed E-state index contributed by atoms with van der Waals surface area (Å²) in [5, 5.41) is 3.18. The van der Waals surface area contributed by atoms with E-state index in [0.29, 0.717) is 0 Å². The minimum absolute atomic E-state index is 0.931. The van der Waals surface area contributed by atoms with E-state index >= 15 is 0 Å². The van der Waals surface area contributed by atoms with Gasteiger partial charge in [0.2, 0.25) is 0 Å². The van der Waals surface area contributed by atoms with Crippen LogP contribution in [0.4, 0.5) is 5.69 Å². The normalized spacial score (nSPS) is 16.9. The number of nitrogens with two attached hydrogens (primary N) is 1. The van der Waals surface area contributed by atoms with Crippen molar-refractivity contribution in [2.75, 3.05) is 19.3 Å². The van der Waals surface area contributed by atoms with E-state index in [4.69, 9.17) is 5.73 Å². The van der Waals surface area contributed by atoms with E-state index in [2.05, 4.69) is 28.4 Å². The first-order valence-electron chi connectivity index (χ1n) is 5.08. The maximum Gasteiger partial charge on any atom is 0.125 e. The highest BCUT2D eigenvalue weighted by molar-refractivity contribution is 7.16. The van der Waals surface area contributed by atoms with Gasteiger partial charge in [-0.1, -0.05) is 0 Å². The number of thiophene rings is 1. The third kappa shape index (κ3) is 1.33. The maximum absolute atomic E-state index is 6.19. The number of hydrogen-bond acceptors (Lipinski definition) is 4. The maximum atomic E-state index is 6.19. The summed E-state index contributed by atoms with van der Waals surface area (Å²) in [4.78, 5) is 8.05.